The smallest absolute Gasteiger partial charge is 0.183 e. The van der Waals surface area contributed by atoms with Crippen molar-refractivity contribution < 1.29 is 5.11 Å². The van der Waals surface area contributed by atoms with Gasteiger partial charge in [0.25, 0.3) is 0 Å². The van der Waals surface area contributed by atoms with Crippen LogP contribution in [0.3, 0.4) is 0 Å². The van der Waals surface area contributed by atoms with Crippen LogP contribution in [-0.2, 0) is 0 Å². The number of rotatable bonds is 0. The molecule has 4 nitrogen and oxygen atoms in total. The van der Waals surface area contributed by atoms with Crippen molar-refractivity contribution in [3.05, 3.63) is 0 Å². The molecule has 0 rings (SSSR count). The standard InChI is InChI=1S/C2H6OS.CH5N3.ClH/c1-2(3)4;2-1(3)4;/h2-4H,1H3;(H5,2,3,4);1H. The molecule has 0 aromatic carbocycles. The van der Waals surface area contributed by atoms with E-state index in [1.165, 1.54) is 0 Å². The second-order valence-corrected chi connectivity index (χ2v) is 1.83. The molecule has 58 valence electrons. The fraction of sp³-hybridized carbons (Fsp3) is 0.667. The number of nitrogens with one attached hydrogen (secondary N) is 1. The van der Waals surface area contributed by atoms with Gasteiger partial charge in [-0.1, -0.05) is 0 Å². The van der Waals surface area contributed by atoms with Gasteiger partial charge in [-0.2, -0.15) is 0 Å². The van der Waals surface area contributed by atoms with E-state index in [0.717, 1.165) is 0 Å². The Morgan fingerprint density at radius 2 is 1.67 bits per heavy atom. The van der Waals surface area contributed by atoms with Crippen LogP contribution in [0.5, 0.6) is 0 Å². The summed E-state index contributed by atoms with van der Waals surface area (Å²) in [5, 5.41) is 14.0. The highest BCUT2D eigenvalue weighted by Crippen LogP contribution is 1.78. The summed E-state index contributed by atoms with van der Waals surface area (Å²) in [7, 11) is 0. The summed E-state index contributed by atoms with van der Waals surface area (Å²) in [5.74, 6) is -0.333. The van der Waals surface area contributed by atoms with Gasteiger partial charge in [0.2, 0.25) is 0 Å². The van der Waals surface area contributed by atoms with Crippen molar-refractivity contribution in [2.75, 3.05) is 0 Å². The van der Waals surface area contributed by atoms with Crippen LogP contribution < -0.4 is 11.5 Å². The molecule has 0 saturated heterocycles. The van der Waals surface area contributed by atoms with E-state index < -0.39 is 5.44 Å². The molecule has 0 bridgehead atoms. The highest BCUT2D eigenvalue weighted by atomic mass is 35.5. The van der Waals surface area contributed by atoms with Gasteiger partial charge in [-0.25, -0.2) is 0 Å². The van der Waals surface area contributed by atoms with E-state index in [9.17, 15) is 0 Å². The van der Waals surface area contributed by atoms with E-state index >= 15 is 0 Å². The minimum atomic E-state index is -0.472. The second kappa shape index (κ2) is 10.8. The average Bonchev–Trinajstić information content (AvgIpc) is 1.25. The number of hydrogen-bond acceptors (Lipinski definition) is 3. The normalized spacial score (nSPS) is 9.67. The molecule has 6 heteroatoms. The van der Waals surface area contributed by atoms with Gasteiger partial charge in [0.1, 0.15) is 0 Å². The Labute approximate surface area is 65.9 Å². The lowest BCUT2D eigenvalue weighted by atomic mass is 10.9. The van der Waals surface area contributed by atoms with E-state index in [-0.39, 0.29) is 18.4 Å². The van der Waals surface area contributed by atoms with Gasteiger partial charge in [0, 0.05) is 0 Å². The molecule has 1 unspecified atom stereocenters. The molecule has 0 heterocycles. The number of aliphatic hydroxyl groups excluding tert-OH is 1. The largest absolute Gasteiger partial charge is 0.383 e. The van der Waals surface area contributed by atoms with Crippen LogP contribution in [0, 0.1) is 5.41 Å². The summed E-state index contributed by atoms with van der Waals surface area (Å²) >= 11 is 3.52. The fourth-order valence-corrected chi connectivity index (χ4v) is 0. The van der Waals surface area contributed by atoms with E-state index in [4.69, 9.17) is 10.5 Å². The lowest BCUT2D eigenvalue weighted by molar-refractivity contribution is 0.286. The average molecular weight is 174 g/mol. The number of thiol groups is 1. The second-order valence-electron chi connectivity index (χ2n) is 1.09. The topological polar surface area (TPSA) is 96.1 Å². The summed E-state index contributed by atoms with van der Waals surface area (Å²) in [6.07, 6.45) is 0. The Kier molecular flexibility index (Phi) is 19.1. The molecular formula is C3H12ClN3OS. The van der Waals surface area contributed by atoms with Crippen molar-refractivity contribution >= 4 is 31.0 Å². The first-order valence-electron chi connectivity index (χ1n) is 1.92. The molecule has 0 aliphatic rings. The Morgan fingerprint density at radius 1 is 1.67 bits per heavy atom. The minimum absolute atomic E-state index is 0. The van der Waals surface area contributed by atoms with Crippen LogP contribution in [-0.4, -0.2) is 16.5 Å². The van der Waals surface area contributed by atoms with Crippen molar-refractivity contribution in [3.8, 4) is 0 Å². The first-order chi connectivity index (χ1) is 3.46. The quantitative estimate of drug-likeness (QED) is 0.148. The van der Waals surface area contributed by atoms with Gasteiger partial charge < -0.3 is 16.6 Å². The van der Waals surface area contributed by atoms with Crippen molar-refractivity contribution in [1.29, 1.82) is 5.41 Å². The first-order valence-corrected chi connectivity index (χ1v) is 2.44. The molecule has 9 heavy (non-hydrogen) atoms. The molecule has 0 radical (unpaired) electrons. The van der Waals surface area contributed by atoms with Gasteiger partial charge in [-0.15, -0.1) is 25.0 Å². The van der Waals surface area contributed by atoms with Crippen LogP contribution >= 0.6 is 25.0 Å². The lowest BCUT2D eigenvalue weighted by Crippen LogP contribution is -2.20. The summed E-state index contributed by atoms with van der Waals surface area (Å²) < 4.78 is 0. The van der Waals surface area contributed by atoms with E-state index in [2.05, 4.69) is 24.1 Å². The third-order valence-corrected chi connectivity index (χ3v) is 0. The summed E-state index contributed by atoms with van der Waals surface area (Å²) in [6, 6.07) is 0. The summed E-state index contributed by atoms with van der Waals surface area (Å²) in [5.41, 5.74) is 8.47. The van der Waals surface area contributed by atoms with Gasteiger partial charge in [0.05, 0.1) is 5.44 Å². The third-order valence-electron chi connectivity index (χ3n) is 0. The van der Waals surface area contributed by atoms with Gasteiger partial charge in [0.15, 0.2) is 5.96 Å². The van der Waals surface area contributed by atoms with Crippen LogP contribution in [0.2, 0.25) is 0 Å². The molecular weight excluding hydrogens is 162 g/mol. The SMILES string of the molecule is CC(O)S.Cl.N=C(N)N. The molecule has 6 N–H and O–H groups in total. The molecule has 0 aliphatic heterocycles. The van der Waals surface area contributed by atoms with Crippen molar-refractivity contribution in [2.45, 2.75) is 12.4 Å². The molecule has 0 spiro atoms. The number of nitrogens with two attached hydrogens (primary N) is 2. The Balaban J connectivity index is -0.0000000720. The van der Waals surface area contributed by atoms with Crippen molar-refractivity contribution in [2.24, 2.45) is 11.5 Å². The minimum Gasteiger partial charge on any atom is -0.383 e. The molecule has 0 aromatic rings. The van der Waals surface area contributed by atoms with E-state index in [1.807, 2.05) is 0 Å². The maximum Gasteiger partial charge on any atom is 0.183 e. The predicted octanol–water partition coefficient (Wildman–Crippen LogP) is -0.485. The number of halogens is 1. The van der Waals surface area contributed by atoms with Crippen LogP contribution in [0.25, 0.3) is 0 Å². The van der Waals surface area contributed by atoms with Crippen LogP contribution in [0.4, 0.5) is 0 Å². The first kappa shape index (κ1) is 15.9. The zero-order valence-corrected chi connectivity index (χ0v) is 6.75. The molecule has 0 saturated carbocycles. The maximum absolute atomic E-state index is 7.92. The zero-order valence-electron chi connectivity index (χ0n) is 5.03. The number of guanidine groups is 1. The van der Waals surface area contributed by atoms with Gasteiger partial charge >= 0.3 is 0 Å². The highest BCUT2D eigenvalue weighted by molar-refractivity contribution is 7.80. The number of hydrogen-bond donors (Lipinski definition) is 5. The molecule has 0 aliphatic carbocycles. The molecule has 0 fully saturated rings. The Hall–Kier alpha value is -0.130. The van der Waals surface area contributed by atoms with Crippen molar-refractivity contribution in [3.63, 3.8) is 0 Å². The van der Waals surface area contributed by atoms with Crippen LogP contribution in [0.15, 0.2) is 0 Å². The van der Waals surface area contributed by atoms with Gasteiger partial charge in [-0.3, -0.25) is 5.41 Å². The summed E-state index contributed by atoms with van der Waals surface area (Å²) in [6.45, 7) is 1.59. The van der Waals surface area contributed by atoms with Gasteiger partial charge in [-0.05, 0) is 6.92 Å². The maximum atomic E-state index is 7.92. The molecule has 0 amide bonds. The van der Waals surface area contributed by atoms with Crippen LogP contribution in [0.1, 0.15) is 6.92 Å². The van der Waals surface area contributed by atoms with E-state index in [0.29, 0.717) is 0 Å². The lowest BCUT2D eigenvalue weighted by Gasteiger charge is -1.79. The predicted molar refractivity (Wildman–Crippen MR) is 44.0 cm³/mol. The Bertz CT molecular complexity index is 63.3. The molecule has 0 aromatic heterocycles. The number of aliphatic hydroxyl groups is 1. The van der Waals surface area contributed by atoms with E-state index in [1.54, 1.807) is 6.92 Å². The van der Waals surface area contributed by atoms with Crippen molar-refractivity contribution in [1.82, 2.24) is 0 Å². The third kappa shape index (κ3) is 16000. The Morgan fingerprint density at radius 3 is 1.67 bits per heavy atom. The fourth-order valence-electron chi connectivity index (χ4n) is 0. The monoisotopic (exact) mass is 173 g/mol. The zero-order chi connectivity index (χ0) is 7.15. The highest BCUT2D eigenvalue weighted by Gasteiger charge is 1.70. The molecule has 1 atom stereocenters. The summed E-state index contributed by atoms with van der Waals surface area (Å²) in [4.78, 5) is 0.